The predicted molar refractivity (Wildman–Crippen MR) is 66.6 cm³/mol. The van der Waals surface area contributed by atoms with Crippen LogP contribution in [-0.2, 0) is 9.53 Å². The first-order valence-corrected chi connectivity index (χ1v) is 6.19. The minimum Gasteiger partial charge on any atom is -0.491 e. The second-order valence-corrected chi connectivity index (χ2v) is 4.76. The highest BCUT2D eigenvalue weighted by atomic mass is 16.5. The highest BCUT2D eigenvalue weighted by Crippen LogP contribution is 2.35. The van der Waals surface area contributed by atoms with Crippen molar-refractivity contribution >= 4 is 5.97 Å². The Morgan fingerprint density at radius 2 is 2.06 bits per heavy atom. The number of carboxylic acid groups (broad SMARTS) is 1. The van der Waals surface area contributed by atoms with Crippen molar-refractivity contribution in [2.75, 3.05) is 6.61 Å². The van der Waals surface area contributed by atoms with E-state index in [9.17, 15) is 4.79 Å². The first-order chi connectivity index (χ1) is 8.58. The lowest BCUT2D eigenvalue weighted by molar-refractivity contribution is -0.143. The number of rotatable bonds is 4. The summed E-state index contributed by atoms with van der Waals surface area (Å²) < 4.78 is 11.1. The molecule has 18 heavy (non-hydrogen) atoms. The maximum Gasteiger partial charge on any atom is 0.309 e. The van der Waals surface area contributed by atoms with E-state index in [4.69, 9.17) is 14.6 Å². The quantitative estimate of drug-likeness (QED) is 0.892. The Balaban J connectivity index is 2.11. The molecule has 98 valence electrons. The molecule has 1 aliphatic heterocycles. The van der Waals surface area contributed by atoms with E-state index in [1.807, 2.05) is 38.1 Å². The number of hydrogen-bond donors (Lipinski definition) is 1. The Morgan fingerprint density at radius 1 is 1.39 bits per heavy atom. The van der Waals surface area contributed by atoms with Crippen LogP contribution >= 0.6 is 0 Å². The topological polar surface area (TPSA) is 55.8 Å². The van der Waals surface area contributed by atoms with Crippen LogP contribution in [0.5, 0.6) is 5.75 Å². The van der Waals surface area contributed by atoms with Gasteiger partial charge in [0, 0.05) is 6.61 Å². The zero-order valence-electron chi connectivity index (χ0n) is 10.6. The third kappa shape index (κ3) is 2.82. The van der Waals surface area contributed by atoms with Gasteiger partial charge in [-0.05, 0) is 38.0 Å². The predicted octanol–water partition coefficient (Wildman–Crippen LogP) is 2.64. The van der Waals surface area contributed by atoms with E-state index in [0.717, 1.165) is 11.3 Å². The van der Waals surface area contributed by atoms with Crippen LogP contribution in [0.1, 0.15) is 31.9 Å². The van der Waals surface area contributed by atoms with Crippen LogP contribution in [0.4, 0.5) is 0 Å². The Labute approximate surface area is 107 Å². The molecular weight excluding hydrogens is 232 g/mol. The number of carbonyl (C=O) groups is 1. The van der Waals surface area contributed by atoms with Gasteiger partial charge in [-0.1, -0.05) is 12.1 Å². The molecule has 4 heteroatoms. The minimum atomic E-state index is -0.792. The van der Waals surface area contributed by atoms with E-state index in [2.05, 4.69) is 0 Å². The lowest BCUT2D eigenvalue weighted by atomic mass is 9.95. The van der Waals surface area contributed by atoms with Gasteiger partial charge >= 0.3 is 5.97 Å². The van der Waals surface area contributed by atoms with Gasteiger partial charge in [0.15, 0.2) is 0 Å². The molecule has 0 bridgehead atoms. The van der Waals surface area contributed by atoms with E-state index in [1.165, 1.54) is 0 Å². The van der Waals surface area contributed by atoms with E-state index in [-0.39, 0.29) is 12.2 Å². The SMILES string of the molecule is CC(C)Oc1ccc(C2OCCC2C(=O)O)cc1. The van der Waals surface area contributed by atoms with Crippen LogP contribution in [0.15, 0.2) is 24.3 Å². The molecule has 2 atom stereocenters. The average Bonchev–Trinajstić information content (AvgIpc) is 2.78. The van der Waals surface area contributed by atoms with E-state index in [0.29, 0.717) is 13.0 Å². The summed E-state index contributed by atoms with van der Waals surface area (Å²) in [6.07, 6.45) is 0.366. The monoisotopic (exact) mass is 250 g/mol. The molecule has 0 saturated carbocycles. The van der Waals surface area contributed by atoms with Gasteiger partial charge in [0.2, 0.25) is 0 Å². The fourth-order valence-corrected chi connectivity index (χ4v) is 2.18. The first kappa shape index (κ1) is 12.9. The summed E-state index contributed by atoms with van der Waals surface area (Å²) in [5, 5.41) is 9.11. The first-order valence-electron chi connectivity index (χ1n) is 6.19. The second kappa shape index (κ2) is 5.40. The standard InChI is InChI=1S/C14H18O4/c1-9(2)18-11-5-3-10(4-6-11)13-12(14(15)16)7-8-17-13/h3-6,9,12-13H,7-8H2,1-2H3,(H,15,16). The molecule has 2 rings (SSSR count). The van der Waals surface area contributed by atoms with E-state index < -0.39 is 11.9 Å². The normalized spacial score (nSPS) is 23.3. The third-order valence-electron chi connectivity index (χ3n) is 2.99. The zero-order chi connectivity index (χ0) is 13.1. The van der Waals surface area contributed by atoms with Crippen LogP contribution in [0, 0.1) is 5.92 Å². The molecule has 4 nitrogen and oxygen atoms in total. The molecule has 1 N–H and O–H groups in total. The summed E-state index contributed by atoms with van der Waals surface area (Å²) in [5.41, 5.74) is 0.899. The smallest absolute Gasteiger partial charge is 0.309 e. The van der Waals surface area contributed by atoms with Crippen molar-refractivity contribution in [3.05, 3.63) is 29.8 Å². The van der Waals surface area contributed by atoms with Gasteiger partial charge < -0.3 is 14.6 Å². The number of aliphatic carboxylic acids is 1. The van der Waals surface area contributed by atoms with Crippen LogP contribution in [-0.4, -0.2) is 23.8 Å². The Bertz CT molecular complexity index is 410. The molecule has 0 aromatic heterocycles. The molecule has 1 fully saturated rings. The summed E-state index contributed by atoms with van der Waals surface area (Å²) in [4.78, 5) is 11.1. The molecule has 2 unspecified atom stereocenters. The number of ether oxygens (including phenoxy) is 2. The van der Waals surface area contributed by atoms with Crippen molar-refractivity contribution in [1.82, 2.24) is 0 Å². The molecule has 0 aliphatic carbocycles. The van der Waals surface area contributed by atoms with Crippen LogP contribution in [0.2, 0.25) is 0 Å². The van der Waals surface area contributed by atoms with Gasteiger partial charge in [-0.2, -0.15) is 0 Å². The summed E-state index contributed by atoms with van der Waals surface area (Å²) in [7, 11) is 0. The molecule has 1 aromatic rings. The van der Waals surface area contributed by atoms with Gasteiger partial charge in [0.05, 0.1) is 18.1 Å². The van der Waals surface area contributed by atoms with Crippen LogP contribution in [0.3, 0.4) is 0 Å². The molecule has 0 amide bonds. The van der Waals surface area contributed by atoms with Crippen molar-refractivity contribution in [2.45, 2.75) is 32.5 Å². The van der Waals surface area contributed by atoms with Crippen LogP contribution in [0.25, 0.3) is 0 Å². The zero-order valence-corrected chi connectivity index (χ0v) is 10.6. The summed E-state index contributed by atoms with van der Waals surface area (Å²) >= 11 is 0. The Hall–Kier alpha value is -1.55. The number of hydrogen-bond acceptors (Lipinski definition) is 3. The van der Waals surface area contributed by atoms with Crippen molar-refractivity contribution in [1.29, 1.82) is 0 Å². The maximum atomic E-state index is 11.1. The molecule has 1 saturated heterocycles. The second-order valence-electron chi connectivity index (χ2n) is 4.76. The van der Waals surface area contributed by atoms with Gasteiger partial charge in [0.25, 0.3) is 0 Å². The van der Waals surface area contributed by atoms with E-state index in [1.54, 1.807) is 0 Å². The highest BCUT2D eigenvalue weighted by molar-refractivity contribution is 5.71. The van der Waals surface area contributed by atoms with Gasteiger partial charge in [-0.15, -0.1) is 0 Å². The molecule has 0 radical (unpaired) electrons. The molecule has 1 aromatic carbocycles. The van der Waals surface area contributed by atoms with Crippen molar-refractivity contribution in [2.24, 2.45) is 5.92 Å². The third-order valence-corrected chi connectivity index (χ3v) is 2.99. The van der Waals surface area contributed by atoms with Gasteiger partial charge in [-0.3, -0.25) is 4.79 Å². The molecule has 1 heterocycles. The highest BCUT2D eigenvalue weighted by Gasteiger charge is 2.35. The van der Waals surface area contributed by atoms with Crippen LogP contribution < -0.4 is 4.74 Å². The van der Waals surface area contributed by atoms with Gasteiger partial charge in [0.1, 0.15) is 5.75 Å². The van der Waals surface area contributed by atoms with Gasteiger partial charge in [-0.25, -0.2) is 0 Å². The molecule has 1 aliphatic rings. The number of benzene rings is 1. The van der Waals surface area contributed by atoms with Crippen molar-refractivity contribution < 1.29 is 19.4 Å². The summed E-state index contributed by atoms with van der Waals surface area (Å²) in [6, 6.07) is 7.47. The lowest BCUT2D eigenvalue weighted by Crippen LogP contribution is -2.17. The summed E-state index contributed by atoms with van der Waals surface area (Å²) in [5.74, 6) is -0.444. The Morgan fingerprint density at radius 3 is 2.61 bits per heavy atom. The fourth-order valence-electron chi connectivity index (χ4n) is 2.18. The Kier molecular flexibility index (Phi) is 3.87. The maximum absolute atomic E-state index is 11.1. The summed E-state index contributed by atoms with van der Waals surface area (Å²) in [6.45, 7) is 4.44. The molecule has 0 spiro atoms. The average molecular weight is 250 g/mol. The van der Waals surface area contributed by atoms with Crippen molar-refractivity contribution in [3.63, 3.8) is 0 Å². The largest absolute Gasteiger partial charge is 0.491 e. The van der Waals surface area contributed by atoms with Crippen molar-refractivity contribution in [3.8, 4) is 5.75 Å². The fraction of sp³-hybridized carbons (Fsp3) is 0.500. The number of carboxylic acids is 1. The molecular formula is C14H18O4. The lowest BCUT2D eigenvalue weighted by Gasteiger charge is -2.16. The van der Waals surface area contributed by atoms with E-state index >= 15 is 0 Å². The minimum absolute atomic E-state index is 0.130.